The first-order valence-corrected chi connectivity index (χ1v) is 7.88. The maximum atomic E-state index is 12.6. The van der Waals surface area contributed by atoms with Crippen LogP contribution in [0.15, 0.2) is 17.0 Å². The summed E-state index contributed by atoms with van der Waals surface area (Å²) in [6, 6.07) is 3.39. The molecule has 1 aromatic rings. The maximum absolute atomic E-state index is 12.6. The molecule has 0 aromatic heterocycles. The highest BCUT2D eigenvalue weighted by Gasteiger charge is 2.35. The molecule has 0 N–H and O–H groups in total. The van der Waals surface area contributed by atoms with Gasteiger partial charge in [-0.15, -0.1) is 0 Å². The summed E-state index contributed by atoms with van der Waals surface area (Å²) in [5, 5.41) is 0. The number of rotatable bonds is 5. The zero-order valence-electron chi connectivity index (χ0n) is 12.8. The summed E-state index contributed by atoms with van der Waals surface area (Å²) in [7, 11) is -4.24. The number of Topliss-reactive ketones (excluding diaryl/α,β-unsaturated/α-hetero) is 1. The van der Waals surface area contributed by atoms with Gasteiger partial charge in [0.05, 0.1) is 11.5 Å². The van der Waals surface area contributed by atoms with E-state index in [1.807, 2.05) is 6.92 Å². The van der Waals surface area contributed by atoms with Gasteiger partial charge in [0.1, 0.15) is 0 Å². The van der Waals surface area contributed by atoms with E-state index >= 15 is 0 Å². The van der Waals surface area contributed by atoms with Crippen molar-refractivity contribution in [3.8, 4) is 0 Å². The highest BCUT2D eigenvalue weighted by Crippen LogP contribution is 2.25. The Hall–Kier alpha value is -1.73. The second-order valence-corrected chi connectivity index (χ2v) is 6.43. The van der Waals surface area contributed by atoms with Crippen LogP contribution in [0.3, 0.4) is 0 Å². The van der Waals surface area contributed by atoms with Crippen LogP contribution in [0.5, 0.6) is 0 Å². The zero-order chi connectivity index (χ0) is 16.4. The van der Waals surface area contributed by atoms with Crippen molar-refractivity contribution in [2.24, 2.45) is 0 Å². The number of benzene rings is 1. The predicted molar refractivity (Wildman–Crippen MR) is 77.0 cm³/mol. The standard InChI is InChI=1S/C14H19NO5S/c1-6-20-15(14(17)12(5)16)21(18,19)13-10(3)7-9(2)8-11(13)4/h7-8H,6H2,1-5H3. The Bertz CT molecular complexity index is 656. The maximum Gasteiger partial charge on any atom is 0.327 e. The van der Waals surface area contributed by atoms with Crippen LogP contribution in [0.2, 0.25) is 0 Å². The molecule has 7 heteroatoms. The molecule has 21 heavy (non-hydrogen) atoms. The number of sulfonamides is 1. The molecule has 1 rings (SSSR count). The fourth-order valence-corrected chi connectivity index (χ4v) is 3.83. The first-order chi connectivity index (χ1) is 9.62. The highest BCUT2D eigenvalue weighted by molar-refractivity contribution is 7.89. The zero-order valence-corrected chi connectivity index (χ0v) is 13.6. The number of carbonyl (C=O) groups is 2. The third kappa shape index (κ3) is 3.48. The van der Waals surface area contributed by atoms with Crippen molar-refractivity contribution >= 4 is 21.7 Å². The van der Waals surface area contributed by atoms with Crippen LogP contribution in [-0.4, -0.2) is 31.2 Å². The normalized spacial score (nSPS) is 11.3. The first-order valence-electron chi connectivity index (χ1n) is 6.43. The molecule has 0 atom stereocenters. The van der Waals surface area contributed by atoms with Crippen molar-refractivity contribution in [1.29, 1.82) is 0 Å². The smallest absolute Gasteiger partial charge is 0.289 e. The Balaban J connectivity index is 3.50. The third-order valence-corrected chi connectivity index (χ3v) is 4.66. The summed E-state index contributed by atoms with van der Waals surface area (Å²) < 4.78 is 25.5. The van der Waals surface area contributed by atoms with Crippen molar-refractivity contribution in [2.75, 3.05) is 6.61 Å². The molecule has 1 aromatic carbocycles. The van der Waals surface area contributed by atoms with Crippen molar-refractivity contribution in [2.45, 2.75) is 39.5 Å². The molecule has 0 unspecified atom stereocenters. The summed E-state index contributed by atoms with van der Waals surface area (Å²) in [5.74, 6) is -2.12. The average Bonchev–Trinajstić information content (AvgIpc) is 2.32. The van der Waals surface area contributed by atoms with Crippen LogP contribution in [-0.2, 0) is 24.4 Å². The molecule has 0 saturated heterocycles. The quantitative estimate of drug-likeness (QED) is 0.610. The topological polar surface area (TPSA) is 80.8 Å². The van der Waals surface area contributed by atoms with E-state index in [1.54, 1.807) is 26.0 Å². The van der Waals surface area contributed by atoms with E-state index in [0.29, 0.717) is 11.1 Å². The molecular weight excluding hydrogens is 294 g/mol. The molecule has 0 aliphatic rings. The summed E-state index contributed by atoms with van der Waals surface area (Å²) in [6.45, 7) is 7.59. The van der Waals surface area contributed by atoms with E-state index < -0.39 is 21.7 Å². The molecule has 0 aliphatic heterocycles. The fourth-order valence-electron chi connectivity index (χ4n) is 2.14. The minimum Gasteiger partial charge on any atom is -0.289 e. The Morgan fingerprint density at radius 1 is 1.14 bits per heavy atom. The number of ketones is 1. The number of hydroxylamine groups is 1. The van der Waals surface area contributed by atoms with Crippen LogP contribution >= 0.6 is 0 Å². The SMILES string of the molecule is CCON(C(=O)C(C)=O)S(=O)(=O)c1c(C)cc(C)cc1C. The van der Waals surface area contributed by atoms with E-state index in [9.17, 15) is 18.0 Å². The van der Waals surface area contributed by atoms with Gasteiger partial charge in [-0.1, -0.05) is 22.2 Å². The fraction of sp³-hybridized carbons (Fsp3) is 0.429. The molecule has 116 valence electrons. The van der Waals surface area contributed by atoms with Gasteiger partial charge in [0, 0.05) is 6.92 Å². The van der Waals surface area contributed by atoms with Crippen molar-refractivity contribution in [1.82, 2.24) is 4.47 Å². The van der Waals surface area contributed by atoms with Crippen LogP contribution in [0.4, 0.5) is 0 Å². The van der Waals surface area contributed by atoms with Crippen molar-refractivity contribution < 1.29 is 22.8 Å². The van der Waals surface area contributed by atoms with Gasteiger partial charge in [0.2, 0.25) is 5.78 Å². The van der Waals surface area contributed by atoms with Crippen LogP contribution in [0.25, 0.3) is 0 Å². The Morgan fingerprint density at radius 2 is 1.62 bits per heavy atom. The van der Waals surface area contributed by atoms with Gasteiger partial charge in [-0.25, -0.2) is 0 Å². The summed E-state index contributed by atoms with van der Waals surface area (Å²) in [6.07, 6.45) is 0. The second kappa shape index (κ2) is 6.36. The highest BCUT2D eigenvalue weighted by atomic mass is 32.2. The van der Waals surface area contributed by atoms with Gasteiger partial charge in [0.25, 0.3) is 10.0 Å². The molecule has 0 spiro atoms. The van der Waals surface area contributed by atoms with Gasteiger partial charge < -0.3 is 0 Å². The van der Waals surface area contributed by atoms with Gasteiger partial charge in [-0.2, -0.15) is 8.42 Å². The lowest BCUT2D eigenvalue weighted by molar-refractivity contribution is -0.162. The second-order valence-electron chi connectivity index (χ2n) is 4.74. The molecule has 0 radical (unpaired) electrons. The lowest BCUT2D eigenvalue weighted by atomic mass is 10.1. The lowest BCUT2D eigenvalue weighted by Crippen LogP contribution is -2.40. The van der Waals surface area contributed by atoms with Gasteiger partial charge in [-0.3, -0.25) is 14.4 Å². The largest absolute Gasteiger partial charge is 0.327 e. The molecule has 0 saturated carbocycles. The van der Waals surface area contributed by atoms with E-state index in [1.165, 1.54) is 6.92 Å². The minimum atomic E-state index is -4.24. The third-order valence-electron chi connectivity index (χ3n) is 2.79. The van der Waals surface area contributed by atoms with E-state index in [-0.39, 0.29) is 16.0 Å². The number of nitrogens with zero attached hydrogens (tertiary/aromatic N) is 1. The summed E-state index contributed by atoms with van der Waals surface area (Å²) in [4.78, 5) is 27.9. The molecular formula is C14H19NO5S. The van der Waals surface area contributed by atoms with Gasteiger partial charge in [-0.05, 0) is 38.8 Å². The summed E-state index contributed by atoms with van der Waals surface area (Å²) in [5.41, 5.74) is 1.90. The monoisotopic (exact) mass is 313 g/mol. The van der Waals surface area contributed by atoms with Crippen LogP contribution < -0.4 is 0 Å². The average molecular weight is 313 g/mol. The van der Waals surface area contributed by atoms with Crippen LogP contribution in [0.1, 0.15) is 30.5 Å². The molecule has 0 bridgehead atoms. The molecule has 6 nitrogen and oxygen atoms in total. The minimum absolute atomic E-state index is 0.0175. The first kappa shape index (κ1) is 17.3. The van der Waals surface area contributed by atoms with E-state index in [4.69, 9.17) is 4.84 Å². The number of hydrogen-bond donors (Lipinski definition) is 0. The summed E-state index contributed by atoms with van der Waals surface area (Å²) >= 11 is 0. The van der Waals surface area contributed by atoms with Gasteiger partial charge in [0.15, 0.2) is 0 Å². The molecule has 0 heterocycles. The molecule has 1 amide bonds. The van der Waals surface area contributed by atoms with Gasteiger partial charge >= 0.3 is 5.91 Å². The Kier molecular flexibility index (Phi) is 5.25. The molecule has 0 aliphatic carbocycles. The number of amides is 1. The van der Waals surface area contributed by atoms with Crippen molar-refractivity contribution in [3.05, 3.63) is 28.8 Å². The van der Waals surface area contributed by atoms with E-state index in [2.05, 4.69) is 0 Å². The number of hydrogen-bond acceptors (Lipinski definition) is 5. The molecule has 0 fully saturated rings. The Labute approximate surface area is 124 Å². The van der Waals surface area contributed by atoms with E-state index in [0.717, 1.165) is 12.5 Å². The predicted octanol–water partition coefficient (Wildman–Crippen LogP) is 1.67. The Morgan fingerprint density at radius 3 is 2.00 bits per heavy atom. The van der Waals surface area contributed by atoms with Crippen molar-refractivity contribution in [3.63, 3.8) is 0 Å². The number of aryl methyl sites for hydroxylation is 3. The number of carbonyl (C=O) groups excluding carboxylic acids is 2. The van der Waals surface area contributed by atoms with Crippen LogP contribution in [0, 0.1) is 20.8 Å². The lowest BCUT2D eigenvalue weighted by Gasteiger charge is -2.22.